The Balaban J connectivity index is 2.38. The zero-order valence-electron chi connectivity index (χ0n) is 5.78. The molecule has 1 aromatic rings. The van der Waals surface area contributed by atoms with Crippen molar-refractivity contribution in [1.29, 1.82) is 0 Å². The number of rotatable bonds is 1. The molecule has 0 bridgehead atoms. The zero-order valence-corrected chi connectivity index (χ0v) is 5.78. The van der Waals surface area contributed by atoms with Crippen LogP contribution in [0.3, 0.4) is 0 Å². The molecule has 1 heterocycles. The number of aromatic nitrogens is 1. The molecule has 0 aliphatic heterocycles. The first kappa shape index (κ1) is 6.39. The minimum atomic E-state index is -0.785. The lowest BCUT2D eigenvalue weighted by Gasteiger charge is -1.98. The van der Waals surface area contributed by atoms with Crippen molar-refractivity contribution in [2.24, 2.45) is 0 Å². The summed E-state index contributed by atoms with van der Waals surface area (Å²) in [7, 11) is 0. The van der Waals surface area contributed by atoms with E-state index >= 15 is 0 Å². The van der Waals surface area contributed by atoms with Crippen molar-refractivity contribution in [3.63, 3.8) is 0 Å². The van der Waals surface area contributed by atoms with Crippen LogP contribution in [-0.4, -0.2) is 16.2 Å². The van der Waals surface area contributed by atoms with Crippen molar-refractivity contribution < 1.29 is 14.4 Å². The lowest BCUT2D eigenvalue weighted by atomic mass is 10.1. The molecule has 0 spiro atoms. The van der Waals surface area contributed by atoms with E-state index in [0.29, 0.717) is 12.8 Å². The smallest absolute Gasteiger partial charge is 0.311 e. The minimum Gasteiger partial charge on any atom is -0.481 e. The van der Waals surface area contributed by atoms with Crippen molar-refractivity contribution in [1.82, 2.24) is 5.16 Å². The van der Waals surface area contributed by atoms with Gasteiger partial charge in [0.05, 0.1) is 12.1 Å². The minimum absolute atomic E-state index is 0.392. The monoisotopic (exact) mass is 153 g/mol. The van der Waals surface area contributed by atoms with Gasteiger partial charge in [0.2, 0.25) is 0 Å². The SMILES string of the molecule is O=C(O)C1CCc2oncc21. The molecule has 0 radical (unpaired) electrons. The Bertz CT molecular complexity index is 292. The summed E-state index contributed by atoms with van der Waals surface area (Å²) in [5.74, 6) is -0.444. The van der Waals surface area contributed by atoms with Gasteiger partial charge in [-0.05, 0) is 6.42 Å². The van der Waals surface area contributed by atoms with Gasteiger partial charge in [-0.1, -0.05) is 5.16 Å². The number of aryl methyl sites for hydroxylation is 1. The van der Waals surface area contributed by atoms with Crippen molar-refractivity contribution in [3.8, 4) is 0 Å². The topological polar surface area (TPSA) is 63.3 Å². The summed E-state index contributed by atoms with van der Waals surface area (Å²) >= 11 is 0. The number of fused-ring (bicyclic) bond motifs is 1. The molecule has 4 nitrogen and oxygen atoms in total. The summed E-state index contributed by atoms with van der Waals surface area (Å²) in [6.07, 6.45) is 2.85. The molecule has 0 aromatic carbocycles. The van der Waals surface area contributed by atoms with Gasteiger partial charge in [-0.25, -0.2) is 0 Å². The lowest BCUT2D eigenvalue weighted by molar-refractivity contribution is -0.138. The summed E-state index contributed by atoms with van der Waals surface area (Å²) in [4.78, 5) is 10.6. The van der Waals surface area contributed by atoms with Gasteiger partial charge in [0.15, 0.2) is 0 Å². The molecular formula is C7H7NO3. The van der Waals surface area contributed by atoms with Crippen LogP contribution in [0.5, 0.6) is 0 Å². The van der Waals surface area contributed by atoms with Crippen molar-refractivity contribution in [2.45, 2.75) is 18.8 Å². The third kappa shape index (κ3) is 0.824. The maximum Gasteiger partial charge on any atom is 0.311 e. The number of carbonyl (C=O) groups is 1. The highest BCUT2D eigenvalue weighted by atomic mass is 16.5. The molecule has 1 atom stereocenters. The first-order valence-electron chi connectivity index (χ1n) is 3.45. The van der Waals surface area contributed by atoms with Crippen LogP contribution in [0.25, 0.3) is 0 Å². The Morgan fingerprint density at radius 3 is 3.36 bits per heavy atom. The van der Waals surface area contributed by atoms with Crippen LogP contribution in [0.2, 0.25) is 0 Å². The number of carboxylic acid groups (broad SMARTS) is 1. The molecule has 0 saturated carbocycles. The quantitative estimate of drug-likeness (QED) is 0.647. The van der Waals surface area contributed by atoms with Crippen LogP contribution < -0.4 is 0 Å². The second-order valence-corrected chi connectivity index (χ2v) is 2.63. The fraction of sp³-hybridized carbons (Fsp3) is 0.429. The predicted molar refractivity (Wildman–Crippen MR) is 35.2 cm³/mol. The van der Waals surface area contributed by atoms with E-state index in [0.717, 1.165) is 11.3 Å². The normalized spacial score (nSPS) is 21.6. The van der Waals surface area contributed by atoms with Crippen molar-refractivity contribution >= 4 is 5.97 Å². The van der Waals surface area contributed by atoms with Crippen LogP contribution in [0, 0.1) is 0 Å². The van der Waals surface area contributed by atoms with Crippen LogP contribution >= 0.6 is 0 Å². The number of hydrogen-bond donors (Lipinski definition) is 1. The highest BCUT2D eigenvalue weighted by Gasteiger charge is 2.31. The molecule has 2 rings (SSSR count). The summed E-state index contributed by atoms with van der Waals surface area (Å²) < 4.78 is 4.84. The second-order valence-electron chi connectivity index (χ2n) is 2.63. The molecule has 0 fully saturated rings. The van der Waals surface area contributed by atoms with Crippen molar-refractivity contribution in [3.05, 3.63) is 17.5 Å². The highest BCUT2D eigenvalue weighted by Crippen LogP contribution is 2.32. The van der Waals surface area contributed by atoms with E-state index in [1.54, 1.807) is 0 Å². The molecule has 58 valence electrons. The number of aliphatic carboxylic acids is 1. The van der Waals surface area contributed by atoms with E-state index in [1.807, 2.05) is 0 Å². The summed E-state index contributed by atoms with van der Waals surface area (Å²) in [6.45, 7) is 0. The molecule has 0 amide bonds. The molecule has 1 unspecified atom stereocenters. The van der Waals surface area contributed by atoms with Gasteiger partial charge in [0.25, 0.3) is 0 Å². The Labute approximate surface area is 62.8 Å². The van der Waals surface area contributed by atoms with Crippen LogP contribution in [0.4, 0.5) is 0 Å². The first-order chi connectivity index (χ1) is 5.29. The van der Waals surface area contributed by atoms with E-state index < -0.39 is 11.9 Å². The van der Waals surface area contributed by atoms with Gasteiger partial charge < -0.3 is 9.63 Å². The van der Waals surface area contributed by atoms with E-state index in [2.05, 4.69) is 5.16 Å². The number of hydrogen-bond acceptors (Lipinski definition) is 3. The molecule has 1 N–H and O–H groups in total. The van der Waals surface area contributed by atoms with Gasteiger partial charge in [-0.3, -0.25) is 4.79 Å². The van der Waals surface area contributed by atoms with E-state index in [9.17, 15) is 4.79 Å². The fourth-order valence-corrected chi connectivity index (χ4v) is 1.43. The molecule has 0 saturated heterocycles. The number of carboxylic acids is 1. The van der Waals surface area contributed by atoms with E-state index in [-0.39, 0.29) is 0 Å². The second kappa shape index (κ2) is 2.08. The van der Waals surface area contributed by atoms with E-state index in [4.69, 9.17) is 9.63 Å². The standard InChI is InChI=1S/C7H7NO3/c9-7(10)4-1-2-6-5(4)3-8-11-6/h3-4H,1-2H2,(H,9,10). The molecule has 1 aromatic heterocycles. The van der Waals surface area contributed by atoms with Gasteiger partial charge in [-0.2, -0.15) is 0 Å². The lowest BCUT2D eigenvalue weighted by Crippen LogP contribution is -2.06. The average Bonchev–Trinajstić information content (AvgIpc) is 2.41. The van der Waals surface area contributed by atoms with Gasteiger partial charge in [0, 0.05) is 12.0 Å². The van der Waals surface area contributed by atoms with Gasteiger partial charge in [0.1, 0.15) is 5.76 Å². The summed E-state index contributed by atoms with van der Waals surface area (Å²) in [5, 5.41) is 12.2. The molecule has 11 heavy (non-hydrogen) atoms. The first-order valence-corrected chi connectivity index (χ1v) is 3.45. The van der Waals surface area contributed by atoms with Gasteiger partial charge >= 0.3 is 5.97 Å². The Kier molecular flexibility index (Phi) is 1.21. The third-order valence-corrected chi connectivity index (χ3v) is 2.01. The van der Waals surface area contributed by atoms with E-state index in [1.165, 1.54) is 6.20 Å². The van der Waals surface area contributed by atoms with Crippen LogP contribution in [0.15, 0.2) is 10.7 Å². The maximum atomic E-state index is 10.6. The molecule has 1 aliphatic rings. The molecule has 1 aliphatic carbocycles. The summed E-state index contributed by atoms with van der Waals surface area (Å²) in [6, 6.07) is 0. The highest BCUT2D eigenvalue weighted by molar-refractivity contribution is 5.77. The third-order valence-electron chi connectivity index (χ3n) is 2.01. The van der Waals surface area contributed by atoms with Crippen molar-refractivity contribution in [2.75, 3.05) is 0 Å². The Morgan fingerprint density at radius 1 is 1.82 bits per heavy atom. The van der Waals surface area contributed by atoms with Crippen LogP contribution in [0.1, 0.15) is 23.7 Å². The Hall–Kier alpha value is -1.32. The Morgan fingerprint density at radius 2 is 2.64 bits per heavy atom. The zero-order chi connectivity index (χ0) is 7.84. The van der Waals surface area contributed by atoms with Crippen LogP contribution in [-0.2, 0) is 11.2 Å². The molecule has 4 heteroatoms. The summed E-state index contributed by atoms with van der Waals surface area (Å²) in [5.41, 5.74) is 0.748. The fourth-order valence-electron chi connectivity index (χ4n) is 1.43. The average molecular weight is 153 g/mol. The maximum absolute atomic E-state index is 10.6. The van der Waals surface area contributed by atoms with Gasteiger partial charge in [-0.15, -0.1) is 0 Å². The number of nitrogens with zero attached hydrogens (tertiary/aromatic N) is 1. The predicted octanol–water partition coefficient (Wildman–Crippen LogP) is 0.789. The largest absolute Gasteiger partial charge is 0.481 e. The molecular weight excluding hydrogens is 146 g/mol.